The molecule has 62 unspecified atom stereocenters. The van der Waals surface area contributed by atoms with Crippen LogP contribution in [-0.4, -0.2) is 653 Å². The van der Waals surface area contributed by atoms with Gasteiger partial charge in [0.2, 0.25) is 0 Å². The van der Waals surface area contributed by atoms with Gasteiger partial charge in [-0.1, -0.05) is 25.2 Å². The van der Waals surface area contributed by atoms with E-state index in [1.54, 1.807) is 27.8 Å². The molecule has 60 nitrogen and oxygen atoms in total. The minimum Gasteiger partial charge on any atom is -0.394 e. The van der Waals surface area contributed by atoms with Gasteiger partial charge in [-0.15, -0.1) is 0 Å². The maximum absolute atomic E-state index is 10.9. The lowest BCUT2D eigenvalue weighted by Crippen LogP contribution is -2.68. The number of methoxy groups -OCH3 is 1. The van der Waals surface area contributed by atoms with Crippen molar-refractivity contribution in [2.24, 2.45) is 5.92 Å². The van der Waals surface area contributed by atoms with Crippen molar-refractivity contribution >= 4 is 0 Å². The molecule has 13 aliphatic rings. The topological polar surface area (TPSA) is 991 Å². The van der Waals surface area contributed by atoms with Crippen molar-refractivity contribution in [3.05, 3.63) is 34.9 Å². The van der Waals surface area contributed by atoms with Crippen LogP contribution in [0.5, 0.6) is 0 Å². The average molecular weight is 2140 g/mol. The third-order valence-electron chi connectivity index (χ3n) is 28.5. The molecular formula is C86H151N3O57. The Morgan fingerprint density at radius 1 is 0.233 bits per heavy atom. The zero-order chi connectivity index (χ0) is 109. The second-order valence-corrected chi connectivity index (χ2v) is 38.2. The van der Waals surface area contributed by atoms with Crippen molar-refractivity contribution in [3.8, 4) is 0 Å². The number of likely N-dealkylation sites (N-methyl/N-ethyl adjacent to an activating group) is 1. The highest BCUT2D eigenvalue weighted by Crippen LogP contribution is 2.41. The maximum Gasteiger partial charge on any atom is 0.187 e. The van der Waals surface area contributed by atoms with E-state index in [0.29, 0.717) is 0 Å². The standard InChI is InChI=1S/C27H45NO16.C26H47NO18.C25H43NO18.C8H16O5/c1-8-3-11(6-30)24(20(37)15(8)32)43-27-23(40)21(38)25(13(7-31)42-27)44-26-22(39)18(35)14(9(2)41-26)28-12-4-10(5-29)16(33)19(36)17(12)34;1-7-12(27-3)14(32)18(36)24(40-7)43-22-10(5-29)41-26(19(37)16(22)34)45-23-11(6-30)42-25(20(38)17(23)35)44-21-9(4-28)39-8(2)13(31)15(21)33;1-6-11(26-8-2-7(3-27)12(30)15(33)13(8)31)14(32)19(37)24(40-6)43-22-10(5-29)42-25(20(38)17(22)35)44-21-9(4-28)41-23(39)18(36)16(21)34;1-4-6(10)7(11)8(12-2)5(3-9)13-4/h3-4,8-9,12-40H,5-7H2,1-2H3;7-38H,4-6H2,1-3H3;2,6,8-39H,3-5H2,1H3;4-11H,3H2,1-2H3. The third kappa shape index (κ3) is 27.4. The largest absolute Gasteiger partial charge is 0.394 e. The SMILES string of the molecule is CC1C=C(CO)C(OC2OC(CO)C(OC3OC(C)C(NC4C=C(CO)C(O)C(O)C4O)C(O)C3O)C(O)C2O)C(O)C1O.CC1OC(OC2C(CO)OC(OC3C(CO)OC(O)C(O)C3O)C(O)C2O)C(O)C(O)C1NC1C=C(CO)C(O)C(O)C1O.CNC1C(C)OC(OC2C(CO)OC(OC3C(CO)OC(OC4C(CO)OC(C)C(O)C4O)C(O)C3O)C(O)C2O)C(O)C1O.COC1C(CO)OC(C)C(O)C1O. The molecule has 0 saturated carbocycles. The summed E-state index contributed by atoms with van der Waals surface area (Å²) in [4.78, 5) is 0. The summed E-state index contributed by atoms with van der Waals surface area (Å²) in [6, 6.07) is -4.93. The van der Waals surface area contributed by atoms with E-state index in [1.807, 2.05) is 0 Å². The molecule has 0 aromatic rings. The molecule has 10 aliphatic heterocycles. The van der Waals surface area contributed by atoms with Crippen LogP contribution in [0.25, 0.3) is 0 Å². The van der Waals surface area contributed by atoms with E-state index < -0.39 is 439 Å². The molecule has 60 heteroatoms. The first kappa shape index (κ1) is 125. The highest BCUT2D eigenvalue weighted by atomic mass is 16.8. The first-order valence-corrected chi connectivity index (χ1v) is 47.7. The van der Waals surface area contributed by atoms with Gasteiger partial charge in [0.25, 0.3) is 0 Å². The number of ether oxygens (including phenoxy) is 18. The molecular weight excluding hydrogens is 1990 g/mol. The highest BCUT2D eigenvalue weighted by Gasteiger charge is 2.61. The van der Waals surface area contributed by atoms with Crippen molar-refractivity contribution in [2.75, 3.05) is 80.2 Å². The van der Waals surface area contributed by atoms with Crippen molar-refractivity contribution < 1.29 is 284 Å². The van der Waals surface area contributed by atoms with Crippen LogP contribution in [0, 0.1) is 5.92 Å². The molecule has 852 valence electrons. The number of aliphatic hydroxyl groups is 39. The van der Waals surface area contributed by atoms with E-state index in [2.05, 4.69) is 16.0 Å². The van der Waals surface area contributed by atoms with Crippen molar-refractivity contribution in [1.82, 2.24) is 16.0 Å². The minimum atomic E-state index is -1.93. The van der Waals surface area contributed by atoms with E-state index in [-0.39, 0.29) is 23.3 Å². The van der Waals surface area contributed by atoms with E-state index in [1.165, 1.54) is 46.1 Å². The molecule has 10 fully saturated rings. The predicted molar refractivity (Wildman–Crippen MR) is 469 cm³/mol. The van der Waals surface area contributed by atoms with Crippen molar-refractivity contribution in [3.63, 3.8) is 0 Å². The Labute approximate surface area is 833 Å². The van der Waals surface area contributed by atoms with Gasteiger partial charge in [0.05, 0.1) is 133 Å². The first-order chi connectivity index (χ1) is 68.9. The molecule has 0 aromatic carbocycles. The summed E-state index contributed by atoms with van der Waals surface area (Å²) in [6.45, 7) is 2.70. The van der Waals surface area contributed by atoms with Gasteiger partial charge < -0.3 is 300 Å². The Bertz CT molecular complexity index is 3940. The molecule has 146 heavy (non-hydrogen) atoms. The molecule has 10 heterocycles. The Morgan fingerprint density at radius 2 is 0.486 bits per heavy atom. The summed E-state index contributed by atoms with van der Waals surface area (Å²) in [5, 5.41) is 408. The Balaban J connectivity index is 0.000000211. The summed E-state index contributed by atoms with van der Waals surface area (Å²) in [5.74, 6) is -0.506. The minimum absolute atomic E-state index is 0.0225. The fourth-order valence-corrected chi connectivity index (χ4v) is 19.6. The normalized spacial score (nSPS) is 51.3. The molecule has 3 aliphatic carbocycles. The van der Waals surface area contributed by atoms with Crippen LogP contribution < -0.4 is 16.0 Å². The van der Waals surface area contributed by atoms with E-state index in [4.69, 9.17) is 90.4 Å². The smallest absolute Gasteiger partial charge is 0.187 e. The van der Waals surface area contributed by atoms with Gasteiger partial charge in [-0.05, 0) is 58.4 Å². The number of nitrogens with one attached hydrogen (secondary N) is 3. The Hall–Kier alpha value is -3.18. The van der Waals surface area contributed by atoms with Gasteiger partial charge in [0, 0.05) is 13.0 Å². The van der Waals surface area contributed by atoms with Crippen LogP contribution in [-0.2, 0) is 85.3 Å². The highest BCUT2D eigenvalue weighted by molar-refractivity contribution is 5.25. The molecule has 62 atom stereocenters. The molecule has 10 saturated heterocycles. The lowest BCUT2D eigenvalue weighted by Gasteiger charge is -2.49. The van der Waals surface area contributed by atoms with Crippen LogP contribution in [0.3, 0.4) is 0 Å². The fourth-order valence-electron chi connectivity index (χ4n) is 19.6. The first-order valence-electron chi connectivity index (χ1n) is 47.7. The zero-order valence-corrected chi connectivity index (χ0v) is 80.4. The van der Waals surface area contributed by atoms with Gasteiger partial charge in [0.15, 0.2) is 50.3 Å². The Kier molecular flexibility index (Phi) is 47.1. The maximum atomic E-state index is 10.9. The number of hydrogen-bond donors (Lipinski definition) is 42. The second-order valence-electron chi connectivity index (χ2n) is 38.2. The van der Waals surface area contributed by atoms with Gasteiger partial charge in [-0.2, -0.15) is 0 Å². The summed E-state index contributed by atoms with van der Waals surface area (Å²) >= 11 is 0. The molecule has 0 aromatic heterocycles. The molecule has 42 N–H and O–H groups in total. The second kappa shape index (κ2) is 55.1. The van der Waals surface area contributed by atoms with Crippen molar-refractivity contribution in [2.45, 2.75) is 415 Å². The van der Waals surface area contributed by atoms with Crippen LogP contribution in [0.1, 0.15) is 41.5 Å². The third-order valence-corrected chi connectivity index (χ3v) is 28.5. The van der Waals surface area contributed by atoms with Gasteiger partial charge >= 0.3 is 0 Å². The van der Waals surface area contributed by atoms with Gasteiger partial charge in [0.1, 0.15) is 256 Å². The predicted octanol–water partition coefficient (Wildman–Crippen LogP) is -24.2. The summed E-state index contributed by atoms with van der Waals surface area (Å²) < 4.78 is 99.5. The summed E-state index contributed by atoms with van der Waals surface area (Å²) in [5.41, 5.74) is 0.267. The van der Waals surface area contributed by atoms with Crippen LogP contribution in [0.4, 0.5) is 0 Å². The number of aliphatic hydroxyl groups excluding tert-OH is 39. The van der Waals surface area contributed by atoms with E-state index in [9.17, 15) is 194 Å². The molecule has 0 amide bonds. The van der Waals surface area contributed by atoms with Gasteiger partial charge in [-0.3, -0.25) is 0 Å². The van der Waals surface area contributed by atoms with Gasteiger partial charge in [-0.25, -0.2) is 0 Å². The van der Waals surface area contributed by atoms with Crippen LogP contribution >= 0.6 is 0 Å². The summed E-state index contributed by atoms with van der Waals surface area (Å²) in [6.07, 6.45) is -78.8. The number of rotatable bonds is 30. The van der Waals surface area contributed by atoms with E-state index >= 15 is 0 Å². The van der Waals surface area contributed by atoms with Crippen LogP contribution in [0.2, 0.25) is 0 Å². The number of hydrogen-bond acceptors (Lipinski definition) is 60. The molecule has 0 radical (unpaired) electrons. The monoisotopic (exact) mass is 2140 g/mol. The molecule has 0 bridgehead atoms. The van der Waals surface area contributed by atoms with Crippen molar-refractivity contribution in [1.29, 1.82) is 0 Å². The van der Waals surface area contributed by atoms with E-state index in [0.717, 1.165) is 0 Å². The summed E-state index contributed by atoms with van der Waals surface area (Å²) in [7, 11) is 2.97. The lowest BCUT2D eigenvalue weighted by atomic mass is 9.84. The molecule has 13 rings (SSSR count). The quantitative estimate of drug-likeness (QED) is 0.0297. The average Bonchev–Trinajstić information content (AvgIpc) is 0.773. The molecule has 0 spiro atoms. The van der Waals surface area contributed by atoms with Crippen LogP contribution in [0.15, 0.2) is 34.9 Å². The lowest BCUT2D eigenvalue weighted by molar-refractivity contribution is -0.382. The fraction of sp³-hybridized carbons (Fsp3) is 0.930. The Morgan fingerprint density at radius 3 is 0.788 bits per heavy atom. The zero-order valence-electron chi connectivity index (χ0n) is 80.4.